The quantitative estimate of drug-likeness (QED) is 0.628. The number of hydrogen-bond donors (Lipinski definition) is 0. The highest BCUT2D eigenvalue weighted by atomic mass is 32.2. The average molecular weight is 319 g/mol. The molecule has 2 aromatic rings. The van der Waals surface area contributed by atoms with Crippen molar-refractivity contribution in [1.82, 2.24) is 9.97 Å². The number of carbonyl (C=O) groups is 1. The van der Waals surface area contributed by atoms with Crippen LogP contribution in [0.2, 0.25) is 0 Å². The second-order valence-corrected chi connectivity index (χ2v) is 6.76. The molecule has 0 N–H and O–H groups in total. The highest BCUT2D eigenvalue weighted by molar-refractivity contribution is 8.27. The number of amides is 1. The topological polar surface area (TPSA) is 46.1 Å². The number of anilines is 1. The summed E-state index contributed by atoms with van der Waals surface area (Å²) in [5, 5.41) is 2.89. The number of nitrogens with zero attached hydrogens (tertiary/aromatic N) is 3. The van der Waals surface area contributed by atoms with Crippen LogP contribution in [-0.2, 0) is 4.79 Å². The SMILES string of the molecule is Cc1nc(/C=C2/SC(=S)N(c3cccnc3)C2=O)cs1. The van der Waals surface area contributed by atoms with E-state index in [1.165, 1.54) is 16.7 Å². The van der Waals surface area contributed by atoms with E-state index in [1.807, 2.05) is 18.4 Å². The minimum absolute atomic E-state index is 0.126. The molecule has 3 rings (SSSR count). The molecule has 2 aromatic heterocycles. The summed E-state index contributed by atoms with van der Waals surface area (Å²) in [6.07, 6.45) is 5.06. The van der Waals surface area contributed by atoms with Crippen LogP contribution in [0.15, 0.2) is 34.8 Å². The summed E-state index contributed by atoms with van der Waals surface area (Å²) in [5.74, 6) is -0.126. The van der Waals surface area contributed by atoms with Gasteiger partial charge in [-0.3, -0.25) is 14.7 Å². The molecule has 0 spiro atoms. The summed E-state index contributed by atoms with van der Waals surface area (Å²) in [5.41, 5.74) is 1.48. The average Bonchev–Trinajstić information content (AvgIpc) is 2.96. The van der Waals surface area contributed by atoms with Gasteiger partial charge in [-0.05, 0) is 25.1 Å². The Kier molecular flexibility index (Phi) is 3.64. The maximum atomic E-state index is 12.4. The van der Waals surface area contributed by atoms with Gasteiger partial charge in [0.25, 0.3) is 5.91 Å². The molecule has 1 aliphatic heterocycles. The minimum atomic E-state index is -0.126. The van der Waals surface area contributed by atoms with E-state index in [4.69, 9.17) is 12.2 Å². The van der Waals surface area contributed by atoms with Gasteiger partial charge >= 0.3 is 0 Å². The van der Waals surface area contributed by atoms with Gasteiger partial charge in [-0.25, -0.2) is 4.98 Å². The van der Waals surface area contributed by atoms with E-state index in [0.717, 1.165) is 10.7 Å². The lowest BCUT2D eigenvalue weighted by Gasteiger charge is -2.13. The molecule has 0 aromatic carbocycles. The van der Waals surface area contributed by atoms with Crippen LogP contribution in [0.5, 0.6) is 0 Å². The summed E-state index contributed by atoms with van der Waals surface area (Å²) in [7, 11) is 0. The molecule has 0 atom stereocenters. The standard InChI is InChI=1S/C13H9N3OS3/c1-8-15-9(7-19-8)5-11-12(17)16(13(18)20-11)10-3-2-4-14-6-10/h2-7H,1H3/b11-5+. The summed E-state index contributed by atoms with van der Waals surface area (Å²) in [6, 6.07) is 3.59. The Hall–Kier alpha value is -1.57. The molecule has 4 nitrogen and oxygen atoms in total. The number of thioether (sulfide) groups is 1. The van der Waals surface area contributed by atoms with Gasteiger partial charge in [0.05, 0.1) is 27.5 Å². The minimum Gasteiger partial charge on any atom is -0.268 e. The lowest BCUT2D eigenvalue weighted by Crippen LogP contribution is -2.27. The fraction of sp³-hybridized carbons (Fsp3) is 0.0769. The van der Waals surface area contributed by atoms with Gasteiger partial charge in [-0.1, -0.05) is 24.0 Å². The van der Waals surface area contributed by atoms with E-state index in [2.05, 4.69) is 9.97 Å². The zero-order valence-corrected chi connectivity index (χ0v) is 12.9. The number of thiazole rings is 1. The van der Waals surface area contributed by atoms with Crippen LogP contribution in [0.25, 0.3) is 6.08 Å². The number of thiocarbonyl (C=S) groups is 1. The molecule has 0 aliphatic carbocycles. The van der Waals surface area contributed by atoms with Gasteiger partial charge in [0.1, 0.15) is 0 Å². The third-order valence-corrected chi connectivity index (χ3v) is 4.71. The van der Waals surface area contributed by atoms with Crippen LogP contribution < -0.4 is 4.90 Å². The van der Waals surface area contributed by atoms with Crippen molar-refractivity contribution >= 4 is 57.3 Å². The first-order valence-electron chi connectivity index (χ1n) is 5.75. The number of hydrogen-bond acceptors (Lipinski definition) is 6. The van der Waals surface area contributed by atoms with Crippen molar-refractivity contribution < 1.29 is 4.79 Å². The Morgan fingerprint density at radius 1 is 1.45 bits per heavy atom. The predicted molar refractivity (Wildman–Crippen MR) is 86.7 cm³/mol. The summed E-state index contributed by atoms with van der Waals surface area (Å²) in [4.78, 5) is 22.9. The van der Waals surface area contributed by atoms with Crippen LogP contribution >= 0.6 is 35.3 Å². The number of rotatable bonds is 2. The third-order valence-electron chi connectivity index (χ3n) is 2.61. The van der Waals surface area contributed by atoms with Gasteiger partial charge in [-0.15, -0.1) is 11.3 Å². The molecule has 0 unspecified atom stereocenters. The summed E-state index contributed by atoms with van der Waals surface area (Å²) in [6.45, 7) is 1.93. The van der Waals surface area contributed by atoms with Crippen molar-refractivity contribution in [2.75, 3.05) is 4.90 Å². The van der Waals surface area contributed by atoms with E-state index in [9.17, 15) is 4.79 Å². The van der Waals surface area contributed by atoms with Crippen molar-refractivity contribution in [3.63, 3.8) is 0 Å². The van der Waals surface area contributed by atoms with E-state index in [-0.39, 0.29) is 5.91 Å². The van der Waals surface area contributed by atoms with Crippen molar-refractivity contribution in [3.8, 4) is 0 Å². The van der Waals surface area contributed by atoms with E-state index >= 15 is 0 Å². The molecule has 1 aliphatic rings. The Balaban J connectivity index is 1.93. The van der Waals surface area contributed by atoms with Crippen molar-refractivity contribution in [1.29, 1.82) is 0 Å². The first-order chi connectivity index (χ1) is 9.65. The predicted octanol–water partition coefficient (Wildman–Crippen LogP) is 3.25. The smallest absolute Gasteiger partial charge is 0.268 e. The Morgan fingerprint density at radius 2 is 2.30 bits per heavy atom. The largest absolute Gasteiger partial charge is 0.270 e. The fourth-order valence-corrected chi connectivity index (χ4v) is 3.61. The van der Waals surface area contributed by atoms with Crippen molar-refractivity contribution in [2.45, 2.75) is 6.92 Å². The van der Waals surface area contributed by atoms with E-state index in [0.29, 0.717) is 14.9 Å². The van der Waals surface area contributed by atoms with Gasteiger partial charge in [-0.2, -0.15) is 0 Å². The molecule has 100 valence electrons. The van der Waals surface area contributed by atoms with Crippen molar-refractivity contribution in [3.05, 3.63) is 45.5 Å². The Morgan fingerprint density at radius 3 is 2.95 bits per heavy atom. The molecule has 20 heavy (non-hydrogen) atoms. The molecule has 1 amide bonds. The molecule has 1 saturated heterocycles. The van der Waals surface area contributed by atoms with Crippen LogP contribution in [-0.4, -0.2) is 20.2 Å². The second kappa shape index (κ2) is 5.43. The van der Waals surface area contributed by atoms with Crippen LogP contribution in [0.3, 0.4) is 0 Å². The third kappa shape index (κ3) is 2.52. The maximum absolute atomic E-state index is 12.4. The lowest BCUT2D eigenvalue weighted by atomic mass is 10.3. The molecule has 0 saturated carbocycles. The molecular formula is C13H9N3OS3. The zero-order chi connectivity index (χ0) is 14.1. The number of aromatic nitrogens is 2. The first kappa shape index (κ1) is 13.4. The lowest BCUT2D eigenvalue weighted by molar-refractivity contribution is -0.113. The number of pyridine rings is 1. The molecule has 0 bridgehead atoms. The zero-order valence-electron chi connectivity index (χ0n) is 10.4. The highest BCUT2D eigenvalue weighted by Gasteiger charge is 2.33. The highest BCUT2D eigenvalue weighted by Crippen LogP contribution is 2.35. The van der Waals surface area contributed by atoms with Crippen molar-refractivity contribution in [2.24, 2.45) is 0 Å². The number of aryl methyl sites for hydroxylation is 1. The van der Waals surface area contributed by atoms with Gasteiger partial charge in [0, 0.05) is 11.6 Å². The van der Waals surface area contributed by atoms with E-state index < -0.39 is 0 Å². The fourth-order valence-electron chi connectivity index (χ4n) is 1.76. The van der Waals surface area contributed by atoms with Crippen LogP contribution in [0.1, 0.15) is 10.7 Å². The van der Waals surface area contributed by atoms with Gasteiger partial charge in [0.2, 0.25) is 0 Å². The number of carbonyl (C=O) groups excluding carboxylic acids is 1. The monoisotopic (exact) mass is 319 g/mol. The molecular weight excluding hydrogens is 310 g/mol. The molecule has 1 fully saturated rings. The summed E-state index contributed by atoms with van der Waals surface area (Å²) >= 11 is 8.12. The van der Waals surface area contributed by atoms with Gasteiger partial charge in [0.15, 0.2) is 4.32 Å². The normalized spacial score (nSPS) is 17.2. The second-order valence-electron chi connectivity index (χ2n) is 4.02. The molecule has 3 heterocycles. The first-order valence-corrected chi connectivity index (χ1v) is 7.86. The molecule has 7 heteroatoms. The van der Waals surface area contributed by atoms with E-state index in [1.54, 1.807) is 35.9 Å². The summed E-state index contributed by atoms with van der Waals surface area (Å²) < 4.78 is 0.515. The van der Waals surface area contributed by atoms with Crippen LogP contribution in [0, 0.1) is 6.92 Å². The maximum Gasteiger partial charge on any atom is 0.270 e. The Bertz CT molecular complexity index is 709. The van der Waals surface area contributed by atoms with Crippen LogP contribution in [0.4, 0.5) is 5.69 Å². The molecule has 0 radical (unpaired) electrons. The Labute approximate surface area is 129 Å². The van der Waals surface area contributed by atoms with Gasteiger partial charge < -0.3 is 0 Å².